The molecule has 0 aliphatic rings. The zero-order valence-corrected chi connectivity index (χ0v) is 13.4. The molecule has 3 nitrogen and oxygen atoms in total. The highest BCUT2D eigenvalue weighted by molar-refractivity contribution is 7.99. The SMILES string of the molecule is CCCn1ncc(Cl)c1C(N)CSc1ccccc1C. The fourth-order valence-corrected chi connectivity index (χ4v) is 3.38. The minimum absolute atomic E-state index is 0.110. The van der Waals surface area contributed by atoms with Gasteiger partial charge in [0.25, 0.3) is 0 Å². The standard InChI is InChI=1S/C15H20ClN3S/c1-3-8-19-15(12(16)9-18-19)13(17)10-20-14-7-5-4-6-11(14)2/h4-7,9,13H,3,8,10,17H2,1-2H3. The second kappa shape index (κ2) is 7.16. The summed E-state index contributed by atoms with van der Waals surface area (Å²) in [5.41, 5.74) is 8.52. The van der Waals surface area contributed by atoms with E-state index in [0.29, 0.717) is 5.02 Å². The summed E-state index contributed by atoms with van der Waals surface area (Å²) in [4.78, 5) is 1.26. The van der Waals surface area contributed by atoms with Crippen LogP contribution in [0.4, 0.5) is 0 Å². The van der Waals surface area contributed by atoms with Crippen molar-refractivity contribution in [3.8, 4) is 0 Å². The Morgan fingerprint density at radius 3 is 2.85 bits per heavy atom. The van der Waals surface area contributed by atoms with Crippen molar-refractivity contribution in [2.24, 2.45) is 5.73 Å². The van der Waals surface area contributed by atoms with Crippen LogP contribution in [0.1, 0.15) is 30.6 Å². The molecule has 5 heteroatoms. The Kier molecular flexibility index (Phi) is 5.52. The maximum absolute atomic E-state index is 6.30. The van der Waals surface area contributed by atoms with E-state index < -0.39 is 0 Å². The summed E-state index contributed by atoms with van der Waals surface area (Å²) in [7, 11) is 0. The Labute approximate surface area is 129 Å². The van der Waals surface area contributed by atoms with Crippen molar-refractivity contribution in [3.63, 3.8) is 0 Å². The predicted molar refractivity (Wildman–Crippen MR) is 86.4 cm³/mol. The quantitative estimate of drug-likeness (QED) is 0.819. The van der Waals surface area contributed by atoms with E-state index in [4.69, 9.17) is 17.3 Å². The van der Waals surface area contributed by atoms with E-state index in [-0.39, 0.29) is 6.04 Å². The van der Waals surface area contributed by atoms with E-state index in [1.165, 1.54) is 10.5 Å². The Bertz CT molecular complexity index is 568. The van der Waals surface area contributed by atoms with Crippen molar-refractivity contribution in [1.82, 2.24) is 9.78 Å². The molecule has 2 aromatic rings. The Hall–Kier alpha value is -0.970. The molecular formula is C15H20ClN3S. The second-order valence-electron chi connectivity index (χ2n) is 4.78. The van der Waals surface area contributed by atoms with Gasteiger partial charge in [-0.3, -0.25) is 4.68 Å². The number of halogens is 1. The maximum Gasteiger partial charge on any atom is 0.0834 e. The molecule has 0 amide bonds. The van der Waals surface area contributed by atoms with Gasteiger partial charge in [-0.1, -0.05) is 36.7 Å². The summed E-state index contributed by atoms with van der Waals surface area (Å²) in [5.74, 6) is 0.792. The van der Waals surface area contributed by atoms with E-state index in [9.17, 15) is 0 Å². The fourth-order valence-electron chi connectivity index (χ4n) is 2.11. The van der Waals surface area contributed by atoms with Crippen LogP contribution in [0.15, 0.2) is 35.4 Å². The number of rotatable bonds is 6. The van der Waals surface area contributed by atoms with Gasteiger partial charge in [0.15, 0.2) is 0 Å². The first kappa shape index (κ1) is 15.4. The third-order valence-corrected chi connectivity index (χ3v) is 4.72. The molecule has 0 aliphatic carbocycles. The molecule has 0 bridgehead atoms. The first-order valence-corrected chi connectivity index (χ1v) is 8.15. The fraction of sp³-hybridized carbons (Fsp3) is 0.400. The normalized spacial score (nSPS) is 12.6. The van der Waals surface area contributed by atoms with Crippen LogP contribution in [0.2, 0.25) is 5.02 Å². The molecular weight excluding hydrogens is 290 g/mol. The lowest BCUT2D eigenvalue weighted by Gasteiger charge is -2.15. The van der Waals surface area contributed by atoms with Crippen molar-refractivity contribution in [1.29, 1.82) is 0 Å². The van der Waals surface area contributed by atoms with Crippen molar-refractivity contribution < 1.29 is 0 Å². The molecule has 1 aromatic carbocycles. The number of aromatic nitrogens is 2. The maximum atomic E-state index is 6.30. The van der Waals surface area contributed by atoms with E-state index >= 15 is 0 Å². The summed E-state index contributed by atoms with van der Waals surface area (Å²) >= 11 is 7.98. The van der Waals surface area contributed by atoms with Gasteiger partial charge in [-0.15, -0.1) is 11.8 Å². The first-order chi connectivity index (χ1) is 9.63. The van der Waals surface area contributed by atoms with Gasteiger partial charge in [-0.2, -0.15) is 5.10 Å². The van der Waals surface area contributed by atoms with Gasteiger partial charge in [0.05, 0.1) is 23.0 Å². The zero-order chi connectivity index (χ0) is 14.5. The smallest absolute Gasteiger partial charge is 0.0834 e. The zero-order valence-electron chi connectivity index (χ0n) is 11.8. The van der Waals surface area contributed by atoms with Gasteiger partial charge in [0.1, 0.15) is 0 Å². The Morgan fingerprint density at radius 2 is 2.15 bits per heavy atom. The van der Waals surface area contributed by atoms with Gasteiger partial charge in [0.2, 0.25) is 0 Å². The monoisotopic (exact) mass is 309 g/mol. The molecule has 1 unspecified atom stereocenters. The summed E-state index contributed by atoms with van der Waals surface area (Å²) in [6, 6.07) is 8.22. The lowest BCUT2D eigenvalue weighted by Crippen LogP contribution is -2.19. The summed E-state index contributed by atoms with van der Waals surface area (Å²) < 4.78 is 1.92. The number of nitrogens with zero attached hydrogens (tertiary/aromatic N) is 2. The largest absolute Gasteiger partial charge is 0.322 e. The molecule has 0 aliphatic heterocycles. The van der Waals surface area contributed by atoms with E-state index in [1.807, 2.05) is 10.7 Å². The van der Waals surface area contributed by atoms with Crippen molar-refractivity contribution in [2.75, 3.05) is 5.75 Å². The van der Waals surface area contributed by atoms with Crippen LogP contribution in [-0.4, -0.2) is 15.5 Å². The van der Waals surface area contributed by atoms with Crippen molar-refractivity contribution in [3.05, 3.63) is 46.7 Å². The summed E-state index contributed by atoms with van der Waals surface area (Å²) in [5, 5.41) is 4.96. The van der Waals surface area contributed by atoms with Crippen LogP contribution in [0.25, 0.3) is 0 Å². The Balaban J connectivity index is 2.07. The molecule has 2 N–H and O–H groups in total. The van der Waals surface area contributed by atoms with E-state index in [1.54, 1.807) is 18.0 Å². The third kappa shape index (κ3) is 3.57. The molecule has 2 rings (SSSR count). The van der Waals surface area contributed by atoms with Gasteiger partial charge < -0.3 is 5.73 Å². The van der Waals surface area contributed by atoms with E-state index in [0.717, 1.165) is 24.4 Å². The highest BCUT2D eigenvalue weighted by Gasteiger charge is 2.17. The van der Waals surface area contributed by atoms with Crippen molar-refractivity contribution in [2.45, 2.75) is 37.8 Å². The minimum Gasteiger partial charge on any atom is -0.322 e. The lowest BCUT2D eigenvalue weighted by molar-refractivity contribution is 0.554. The van der Waals surface area contributed by atoms with Gasteiger partial charge in [-0.05, 0) is 25.0 Å². The average molecular weight is 310 g/mol. The number of thioether (sulfide) groups is 1. The van der Waals surface area contributed by atoms with Gasteiger partial charge in [-0.25, -0.2) is 0 Å². The highest BCUT2D eigenvalue weighted by Crippen LogP contribution is 2.29. The van der Waals surface area contributed by atoms with Gasteiger partial charge >= 0.3 is 0 Å². The topological polar surface area (TPSA) is 43.8 Å². The van der Waals surface area contributed by atoms with Crippen LogP contribution in [0.5, 0.6) is 0 Å². The molecule has 20 heavy (non-hydrogen) atoms. The van der Waals surface area contributed by atoms with E-state index in [2.05, 4.69) is 37.1 Å². The molecule has 1 atom stereocenters. The van der Waals surface area contributed by atoms with Crippen LogP contribution < -0.4 is 5.73 Å². The molecule has 0 radical (unpaired) electrons. The van der Waals surface area contributed by atoms with Crippen LogP contribution in [0.3, 0.4) is 0 Å². The minimum atomic E-state index is -0.110. The highest BCUT2D eigenvalue weighted by atomic mass is 35.5. The lowest BCUT2D eigenvalue weighted by atomic mass is 10.2. The number of aryl methyl sites for hydroxylation is 2. The first-order valence-electron chi connectivity index (χ1n) is 6.78. The average Bonchev–Trinajstić information content (AvgIpc) is 2.79. The van der Waals surface area contributed by atoms with Crippen LogP contribution in [0, 0.1) is 6.92 Å². The molecule has 0 fully saturated rings. The molecule has 0 saturated heterocycles. The summed E-state index contributed by atoms with van der Waals surface area (Å²) in [6.45, 7) is 5.08. The number of nitrogens with two attached hydrogens (primary N) is 1. The van der Waals surface area contributed by atoms with Crippen LogP contribution >= 0.6 is 23.4 Å². The molecule has 1 aromatic heterocycles. The molecule has 0 spiro atoms. The number of benzene rings is 1. The molecule has 1 heterocycles. The molecule has 0 saturated carbocycles. The number of hydrogen-bond acceptors (Lipinski definition) is 3. The third-order valence-electron chi connectivity index (χ3n) is 3.13. The predicted octanol–water partition coefficient (Wildman–Crippen LogP) is 4.05. The molecule has 108 valence electrons. The van der Waals surface area contributed by atoms with Gasteiger partial charge in [0, 0.05) is 17.2 Å². The summed E-state index contributed by atoms with van der Waals surface area (Å²) in [6.07, 6.45) is 2.70. The number of hydrogen-bond donors (Lipinski definition) is 1. The second-order valence-corrected chi connectivity index (χ2v) is 6.25. The van der Waals surface area contributed by atoms with Crippen LogP contribution in [-0.2, 0) is 6.54 Å². The van der Waals surface area contributed by atoms with Crippen molar-refractivity contribution >= 4 is 23.4 Å². The Morgan fingerprint density at radius 1 is 1.40 bits per heavy atom.